The molecule has 140 valence electrons. The van der Waals surface area contributed by atoms with Gasteiger partial charge in [0, 0.05) is 11.3 Å². The van der Waals surface area contributed by atoms with E-state index in [2.05, 4.69) is 11.2 Å². The fourth-order valence-electron chi connectivity index (χ4n) is 3.82. The maximum atomic E-state index is 13.0. The van der Waals surface area contributed by atoms with Crippen LogP contribution in [-0.4, -0.2) is 28.7 Å². The number of anilines is 1. The molecule has 3 unspecified atom stereocenters. The zero-order valence-electron chi connectivity index (χ0n) is 15.6. The van der Waals surface area contributed by atoms with Crippen molar-refractivity contribution in [3.63, 3.8) is 0 Å². The van der Waals surface area contributed by atoms with Crippen molar-refractivity contribution in [3.05, 3.63) is 42.0 Å². The molecular formula is C22H24N2O3. The minimum absolute atomic E-state index is 0.152. The number of rotatable bonds is 5. The number of benzene rings is 1. The number of carbonyl (C=O) groups excluding carboxylic acids is 3. The first kappa shape index (κ1) is 18.9. The lowest BCUT2D eigenvalue weighted by molar-refractivity contribution is -0.147. The van der Waals surface area contributed by atoms with Gasteiger partial charge in [0.25, 0.3) is 0 Å². The quantitative estimate of drug-likeness (QED) is 0.496. The van der Waals surface area contributed by atoms with Gasteiger partial charge in [0.05, 0.1) is 11.8 Å². The van der Waals surface area contributed by atoms with Crippen LogP contribution in [0.5, 0.6) is 0 Å². The van der Waals surface area contributed by atoms with Crippen LogP contribution in [0.4, 0.5) is 5.69 Å². The Kier molecular flexibility index (Phi) is 5.46. The molecule has 1 N–H and O–H groups in total. The summed E-state index contributed by atoms with van der Waals surface area (Å²) in [6.07, 6.45) is 10.8. The highest BCUT2D eigenvalue weighted by Crippen LogP contribution is 2.37. The third-order valence-corrected chi connectivity index (χ3v) is 5.15. The molecule has 1 saturated heterocycles. The number of likely N-dealkylation sites (tertiary alicyclic amines) is 1. The van der Waals surface area contributed by atoms with Crippen molar-refractivity contribution >= 4 is 23.4 Å². The minimum atomic E-state index is -0.815. The predicted molar refractivity (Wildman–Crippen MR) is 103 cm³/mol. The van der Waals surface area contributed by atoms with Gasteiger partial charge in [-0.2, -0.15) is 0 Å². The molecule has 5 heteroatoms. The highest BCUT2D eigenvalue weighted by molar-refractivity contribution is 6.10. The summed E-state index contributed by atoms with van der Waals surface area (Å²) in [5, 5.41) is 2.83. The zero-order valence-corrected chi connectivity index (χ0v) is 15.6. The summed E-state index contributed by atoms with van der Waals surface area (Å²) in [6.45, 7) is 3.94. The monoisotopic (exact) mass is 364 g/mol. The molecular weight excluding hydrogens is 340 g/mol. The fourth-order valence-corrected chi connectivity index (χ4v) is 3.82. The number of amides is 3. The van der Waals surface area contributed by atoms with Crippen molar-refractivity contribution in [2.24, 2.45) is 17.8 Å². The Morgan fingerprint density at radius 1 is 1.22 bits per heavy atom. The number of fused-ring (bicyclic) bond motifs is 1. The van der Waals surface area contributed by atoms with Crippen LogP contribution in [-0.2, 0) is 14.4 Å². The molecule has 3 atom stereocenters. The van der Waals surface area contributed by atoms with E-state index in [0.29, 0.717) is 30.5 Å². The standard InChI is InChI=1S/C22H24N2O3/c1-4-15-8-7-9-16(13-15)23-20(25)19(12-14(2)3)24-21(26)17-10-5-6-11-18(17)22(24)27/h1,5-9,13-14,17-19H,10-12H2,2-3H3,(H,23,25). The van der Waals surface area contributed by atoms with Gasteiger partial charge < -0.3 is 5.32 Å². The molecule has 1 heterocycles. The number of nitrogens with one attached hydrogen (secondary N) is 1. The highest BCUT2D eigenvalue weighted by atomic mass is 16.2. The first-order valence-electron chi connectivity index (χ1n) is 9.31. The zero-order chi connectivity index (χ0) is 19.6. The fraction of sp³-hybridized carbons (Fsp3) is 0.409. The molecule has 1 aliphatic carbocycles. The molecule has 2 aliphatic rings. The van der Waals surface area contributed by atoms with Gasteiger partial charge >= 0.3 is 0 Å². The smallest absolute Gasteiger partial charge is 0.247 e. The van der Waals surface area contributed by atoms with Crippen LogP contribution in [0, 0.1) is 30.1 Å². The molecule has 1 aromatic carbocycles. The van der Waals surface area contributed by atoms with Crippen LogP contribution in [0.3, 0.4) is 0 Å². The second-order valence-electron chi connectivity index (χ2n) is 7.56. The van der Waals surface area contributed by atoms with E-state index in [9.17, 15) is 14.4 Å². The van der Waals surface area contributed by atoms with Gasteiger partial charge in [-0.3, -0.25) is 19.3 Å². The van der Waals surface area contributed by atoms with Gasteiger partial charge in [-0.25, -0.2) is 0 Å². The van der Waals surface area contributed by atoms with Crippen LogP contribution < -0.4 is 5.32 Å². The Labute approximate surface area is 159 Å². The molecule has 0 spiro atoms. The van der Waals surface area contributed by atoms with Gasteiger partial charge in [0.1, 0.15) is 6.04 Å². The van der Waals surface area contributed by atoms with Gasteiger partial charge in [-0.05, 0) is 43.4 Å². The number of allylic oxidation sites excluding steroid dienone is 2. The summed E-state index contributed by atoms with van der Waals surface area (Å²) in [7, 11) is 0. The molecule has 5 nitrogen and oxygen atoms in total. The summed E-state index contributed by atoms with van der Waals surface area (Å²) in [4.78, 5) is 40.0. The minimum Gasteiger partial charge on any atom is -0.324 e. The van der Waals surface area contributed by atoms with E-state index in [1.165, 1.54) is 4.90 Å². The van der Waals surface area contributed by atoms with Crippen LogP contribution in [0.2, 0.25) is 0 Å². The number of terminal acetylenes is 1. The van der Waals surface area contributed by atoms with E-state index < -0.39 is 6.04 Å². The second kappa shape index (κ2) is 7.79. The van der Waals surface area contributed by atoms with Crippen molar-refractivity contribution < 1.29 is 14.4 Å². The van der Waals surface area contributed by atoms with Crippen LogP contribution >= 0.6 is 0 Å². The summed E-state index contributed by atoms with van der Waals surface area (Å²) in [5.74, 6) is 1.19. The van der Waals surface area contributed by atoms with Gasteiger partial charge in [0.2, 0.25) is 17.7 Å². The van der Waals surface area contributed by atoms with Crippen molar-refractivity contribution in [2.45, 2.75) is 39.2 Å². The normalized spacial score (nSPS) is 22.5. The van der Waals surface area contributed by atoms with E-state index in [1.54, 1.807) is 24.3 Å². The number of nitrogens with zero attached hydrogens (tertiary/aromatic N) is 1. The first-order chi connectivity index (χ1) is 12.9. The lowest BCUT2D eigenvalue weighted by atomic mass is 9.85. The van der Waals surface area contributed by atoms with Crippen LogP contribution in [0.15, 0.2) is 36.4 Å². The Morgan fingerprint density at radius 3 is 2.41 bits per heavy atom. The maximum absolute atomic E-state index is 13.0. The molecule has 1 aromatic rings. The van der Waals surface area contributed by atoms with Crippen molar-refractivity contribution in [2.75, 3.05) is 5.32 Å². The van der Waals surface area contributed by atoms with Crippen molar-refractivity contribution in [1.82, 2.24) is 4.90 Å². The molecule has 0 aromatic heterocycles. The SMILES string of the molecule is C#Cc1cccc(NC(=O)C(CC(C)C)N2C(=O)C3CC=CCC3C2=O)c1. The van der Waals surface area contributed by atoms with E-state index >= 15 is 0 Å². The first-order valence-corrected chi connectivity index (χ1v) is 9.31. The molecule has 27 heavy (non-hydrogen) atoms. The average molecular weight is 364 g/mol. The topological polar surface area (TPSA) is 66.5 Å². The molecule has 3 amide bonds. The third-order valence-electron chi connectivity index (χ3n) is 5.15. The molecule has 0 bridgehead atoms. The van der Waals surface area contributed by atoms with E-state index in [1.807, 2.05) is 26.0 Å². The number of hydrogen-bond donors (Lipinski definition) is 1. The lowest BCUT2D eigenvalue weighted by Gasteiger charge is -2.27. The van der Waals surface area contributed by atoms with Crippen molar-refractivity contribution in [3.8, 4) is 12.3 Å². The summed E-state index contributed by atoms with van der Waals surface area (Å²) in [6, 6.07) is 6.15. The number of imide groups is 1. The summed E-state index contributed by atoms with van der Waals surface area (Å²) < 4.78 is 0. The third kappa shape index (κ3) is 3.80. The predicted octanol–water partition coefficient (Wildman–Crippen LogP) is 2.97. The van der Waals surface area contributed by atoms with E-state index in [0.717, 1.165) is 0 Å². The van der Waals surface area contributed by atoms with E-state index in [4.69, 9.17) is 6.42 Å². The Hall–Kier alpha value is -2.87. The molecule has 0 saturated carbocycles. The molecule has 3 rings (SSSR count). The molecule has 0 radical (unpaired) electrons. The average Bonchev–Trinajstić information content (AvgIpc) is 2.91. The summed E-state index contributed by atoms with van der Waals surface area (Å²) >= 11 is 0. The Bertz CT molecular complexity index is 808. The van der Waals surface area contributed by atoms with Crippen LogP contribution in [0.25, 0.3) is 0 Å². The van der Waals surface area contributed by atoms with Gasteiger partial charge in [0.15, 0.2) is 0 Å². The van der Waals surface area contributed by atoms with Gasteiger partial charge in [-0.15, -0.1) is 6.42 Å². The number of hydrogen-bond acceptors (Lipinski definition) is 3. The Morgan fingerprint density at radius 2 is 1.85 bits per heavy atom. The highest BCUT2D eigenvalue weighted by Gasteiger charge is 2.51. The van der Waals surface area contributed by atoms with Crippen LogP contribution in [0.1, 0.15) is 38.7 Å². The number of carbonyl (C=O) groups is 3. The van der Waals surface area contributed by atoms with Gasteiger partial charge in [-0.1, -0.05) is 38.0 Å². The largest absolute Gasteiger partial charge is 0.324 e. The van der Waals surface area contributed by atoms with Crippen molar-refractivity contribution in [1.29, 1.82) is 0 Å². The second-order valence-corrected chi connectivity index (χ2v) is 7.56. The maximum Gasteiger partial charge on any atom is 0.247 e. The molecule has 1 aliphatic heterocycles. The molecule has 1 fully saturated rings. The van der Waals surface area contributed by atoms with E-state index in [-0.39, 0.29) is 35.5 Å². The lowest BCUT2D eigenvalue weighted by Crippen LogP contribution is -2.48. The Balaban J connectivity index is 1.85. The summed E-state index contributed by atoms with van der Waals surface area (Å²) in [5.41, 5.74) is 1.21.